The molecule has 0 radical (unpaired) electrons. The summed E-state index contributed by atoms with van der Waals surface area (Å²) in [5, 5.41) is 18.5. The number of carbonyl (C=O) groups is 2. The lowest BCUT2D eigenvalue weighted by atomic mass is 10.1. The molecule has 4 aromatic rings. The van der Waals surface area contributed by atoms with Crippen LogP contribution in [0.25, 0.3) is 5.65 Å². The molecule has 2 aromatic carbocycles. The second kappa shape index (κ2) is 13.7. The van der Waals surface area contributed by atoms with Gasteiger partial charge in [0.25, 0.3) is 11.8 Å². The van der Waals surface area contributed by atoms with E-state index in [2.05, 4.69) is 32.8 Å². The number of nitriles is 1. The van der Waals surface area contributed by atoms with Crippen LogP contribution in [0.3, 0.4) is 0 Å². The molecule has 0 aliphatic rings. The number of nitrogens with one attached hydrogen (secondary N) is 3. The summed E-state index contributed by atoms with van der Waals surface area (Å²) in [7, 11) is 3.08. The zero-order valence-corrected chi connectivity index (χ0v) is 23.6. The van der Waals surface area contributed by atoms with Crippen molar-refractivity contribution in [3.63, 3.8) is 0 Å². The normalized spacial score (nSPS) is 11.0. The van der Waals surface area contributed by atoms with Crippen molar-refractivity contribution in [3.8, 4) is 17.6 Å². The second-order valence-corrected chi connectivity index (χ2v) is 9.25. The first-order valence-corrected chi connectivity index (χ1v) is 13.3. The molecule has 0 atom stereocenters. The van der Waals surface area contributed by atoms with Crippen molar-refractivity contribution in [2.45, 2.75) is 32.7 Å². The molecule has 5 N–H and O–H groups in total. The minimum Gasteiger partial charge on any atom is -0.497 e. The number of amides is 2. The van der Waals surface area contributed by atoms with Crippen molar-refractivity contribution in [2.75, 3.05) is 30.2 Å². The van der Waals surface area contributed by atoms with Gasteiger partial charge in [-0.15, -0.1) is 0 Å². The summed E-state index contributed by atoms with van der Waals surface area (Å²) in [6, 6.07) is 14.4. The largest absolute Gasteiger partial charge is 0.497 e. The van der Waals surface area contributed by atoms with Gasteiger partial charge in [-0.05, 0) is 24.1 Å². The molecule has 2 amide bonds. The number of benzene rings is 2. The minimum absolute atomic E-state index is 0.0980. The molecule has 4 rings (SSSR count). The van der Waals surface area contributed by atoms with E-state index in [-0.39, 0.29) is 17.0 Å². The minimum atomic E-state index is -0.694. The standard InChI is InChI=1S/C30H32N8O4/c1-4-5-6-7-20(17-31)29(40)36-21-10-8-19(9-11-21)18-34-30-37-27(25(26(32)39)28-33-12-13-38(28)30)35-22-14-23(41-2)16-24(15-22)42-3/h7-16,35H,4-6,18H2,1-3H3,(H2,32,39)(H,34,37)(H,36,40)/b20-7-. The Labute approximate surface area is 243 Å². The first kappa shape index (κ1) is 29.4. The number of aromatic nitrogens is 3. The van der Waals surface area contributed by atoms with Gasteiger partial charge in [-0.2, -0.15) is 10.2 Å². The number of nitrogens with zero attached hydrogens (tertiary/aromatic N) is 4. The van der Waals surface area contributed by atoms with Gasteiger partial charge in [0.15, 0.2) is 11.5 Å². The van der Waals surface area contributed by atoms with Crippen LogP contribution in [-0.2, 0) is 11.3 Å². The van der Waals surface area contributed by atoms with Crippen molar-refractivity contribution in [1.82, 2.24) is 14.4 Å². The van der Waals surface area contributed by atoms with Crippen molar-refractivity contribution >= 4 is 40.6 Å². The molecule has 2 heterocycles. The summed E-state index contributed by atoms with van der Waals surface area (Å²) in [4.78, 5) is 33.9. The van der Waals surface area contributed by atoms with E-state index >= 15 is 0 Å². The topological polar surface area (TPSA) is 169 Å². The van der Waals surface area contributed by atoms with Gasteiger partial charge >= 0.3 is 0 Å². The summed E-state index contributed by atoms with van der Waals surface area (Å²) >= 11 is 0. The van der Waals surface area contributed by atoms with E-state index in [9.17, 15) is 14.9 Å². The van der Waals surface area contributed by atoms with Gasteiger partial charge < -0.3 is 31.2 Å². The number of hydrogen-bond donors (Lipinski definition) is 4. The maximum atomic E-state index is 12.5. The molecule has 2 aromatic heterocycles. The quantitative estimate of drug-likeness (QED) is 0.101. The number of nitrogens with two attached hydrogens (primary N) is 1. The molecule has 0 aliphatic heterocycles. The molecule has 216 valence electrons. The van der Waals surface area contributed by atoms with Crippen LogP contribution in [0, 0.1) is 11.3 Å². The van der Waals surface area contributed by atoms with Crippen LogP contribution in [0.5, 0.6) is 11.5 Å². The zero-order chi connectivity index (χ0) is 30.1. The number of anilines is 4. The molecule has 0 saturated heterocycles. The molecule has 0 bridgehead atoms. The Bertz CT molecular complexity index is 1630. The van der Waals surface area contributed by atoms with Gasteiger partial charge in [-0.1, -0.05) is 38.0 Å². The predicted molar refractivity (Wildman–Crippen MR) is 160 cm³/mol. The van der Waals surface area contributed by atoms with Crippen LogP contribution in [0.1, 0.15) is 42.1 Å². The summed E-state index contributed by atoms with van der Waals surface area (Å²) in [6.45, 7) is 2.42. The van der Waals surface area contributed by atoms with Gasteiger partial charge in [-0.25, -0.2) is 4.98 Å². The Morgan fingerprint density at radius 1 is 1.10 bits per heavy atom. The maximum absolute atomic E-state index is 12.5. The van der Waals surface area contributed by atoms with Gasteiger partial charge in [0.1, 0.15) is 28.7 Å². The van der Waals surface area contributed by atoms with Crippen molar-refractivity contribution in [2.24, 2.45) is 5.73 Å². The van der Waals surface area contributed by atoms with Crippen LogP contribution in [0.2, 0.25) is 0 Å². The summed E-state index contributed by atoms with van der Waals surface area (Å²) in [5.41, 5.74) is 8.32. The lowest BCUT2D eigenvalue weighted by molar-refractivity contribution is -0.112. The third kappa shape index (κ3) is 6.95. The van der Waals surface area contributed by atoms with Crippen LogP contribution in [0.15, 0.2) is 66.5 Å². The summed E-state index contributed by atoms with van der Waals surface area (Å²) < 4.78 is 12.3. The third-order valence-electron chi connectivity index (χ3n) is 6.34. The van der Waals surface area contributed by atoms with Crippen LogP contribution < -0.4 is 31.2 Å². The van der Waals surface area contributed by atoms with Gasteiger partial charge in [-0.3, -0.25) is 14.0 Å². The van der Waals surface area contributed by atoms with E-state index in [0.29, 0.717) is 47.4 Å². The average molecular weight is 569 g/mol. The smallest absolute Gasteiger partial charge is 0.265 e. The highest BCUT2D eigenvalue weighted by Crippen LogP contribution is 2.30. The molecule has 0 unspecified atom stereocenters. The number of methoxy groups -OCH3 is 2. The number of fused-ring (bicyclic) bond motifs is 1. The fourth-order valence-corrected chi connectivity index (χ4v) is 4.16. The molecule has 12 nitrogen and oxygen atoms in total. The SMILES string of the molecule is CCCC/C=C(/C#N)C(=O)Nc1ccc(CNc2nc(Nc3cc(OC)cc(OC)c3)c(C(N)=O)c3nccn23)cc1. The highest BCUT2D eigenvalue weighted by molar-refractivity contribution is 6.06. The van der Waals surface area contributed by atoms with E-state index in [0.717, 1.165) is 18.4 Å². The zero-order valence-electron chi connectivity index (χ0n) is 23.6. The number of imidazole rings is 1. The number of primary amides is 1. The summed E-state index contributed by atoms with van der Waals surface area (Å²) in [5.74, 6) is 0.590. The third-order valence-corrected chi connectivity index (χ3v) is 6.34. The molecule has 0 spiro atoms. The highest BCUT2D eigenvalue weighted by atomic mass is 16.5. The van der Waals surface area contributed by atoms with E-state index in [1.165, 1.54) is 0 Å². The second-order valence-electron chi connectivity index (χ2n) is 9.25. The van der Waals surface area contributed by atoms with Crippen LogP contribution in [-0.4, -0.2) is 40.4 Å². The Kier molecular flexibility index (Phi) is 9.57. The van der Waals surface area contributed by atoms with Gasteiger partial charge in [0.05, 0.1) is 14.2 Å². The molecule has 0 fully saturated rings. The van der Waals surface area contributed by atoms with Crippen molar-refractivity contribution < 1.29 is 19.1 Å². The predicted octanol–water partition coefficient (Wildman–Crippen LogP) is 4.78. The fraction of sp³-hybridized carbons (Fsp3) is 0.233. The Balaban J connectivity index is 1.54. The highest BCUT2D eigenvalue weighted by Gasteiger charge is 2.20. The number of hydrogen-bond acceptors (Lipinski definition) is 9. The molecular weight excluding hydrogens is 536 g/mol. The first-order chi connectivity index (χ1) is 20.4. The van der Waals surface area contributed by atoms with E-state index in [1.807, 2.05) is 18.2 Å². The lowest BCUT2D eigenvalue weighted by Gasteiger charge is -2.16. The molecule has 42 heavy (non-hydrogen) atoms. The van der Waals surface area contributed by atoms with Crippen LogP contribution >= 0.6 is 0 Å². The van der Waals surface area contributed by atoms with E-state index in [1.54, 1.807) is 67.4 Å². The number of allylic oxidation sites excluding steroid dienone is 1. The number of rotatable bonds is 13. The van der Waals surface area contributed by atoms with Gasteiger partial charge in [0.2, 0.25) is 5.95 Å². The Morgan fingerprint density at radius 2 is 1.81 bits per heavy atom. The fourth-order valence-electron chi connectivity index (χ4n) is 4.16. The average Bonchev–Trinajstić information content (AvgIpc) is 3.48. The molecular formula is C30H32N8O4. The Morgan fingerprint density at radius 3 is 2.43 bits per heavy atom. The lowest BCUT2D eigenvalue weighted by Crippen LogP contribution is -2.18. The van der Waals surface area contributed by atoms with Crippen molar-refractivity contribution in [3.05, 3.63) is 77.6 Å². The molecule has 0 aliphatic carbocycles. The van der Waals surface area contributed by atoms with Crippen LogP contribution in [0.4, 0.5) is 23.1 Å². The summed E-state index contributed by atoms with van der Waals surface area (Å²) in [6.07, 6.45) is 7.47. The number of carbonyl (C=O) groups excluding carboxylic acids is 2. The monoisotopic (exact) mass is 568 g/mol. The number of unbranched alkanes of at least 4 members (excludes halogenated alkanes) is 2. The van der Waals surface area contributed by atoms with E-state index < -0.39 is 11.8 Å². The van der Waals surface area contributed by atoms with E-state index in [4.69, 9.17) is 15.2 Å². The number of ether oxygens (including phenoxy) is 2. The van der Waals surface area contributed by atoms with Crippen molar-refractivity contribution in [1.29, 1.82) is 5.26 Å². The maximum Gasteiger partial charge on any atom is 0.265 e. The molecule has 0 saturated carbocycles. The van der Waals surface area contributed by atoms with Gasteiger partial charge in [0, 0.05) is 48.5 Å². The first-order valence-electron chi connectivity index (χ1n) is 13.3. The Hall–Kier alpha value is -5.57. The molecule has 12 heteroatoms.